The van der Waals surface area contributed by atoms with Crippen LogP contribution >= 0.6 is 0 Å². The van der Waals surface area contributed by atoms with Crippen molar-refractivity contribution in [1.82, 2.24) is 10.2 Å². The van der Waals surface area contributed by atoms with Crippen molar-refractivity contribution in [3.8, 4) is 0 Å². The molecule has 0 atom stereocenters. The van der Waals surface area contributed by atoms with Crippen molar-refractivity contribution in [3.63, 3.8) is 0 Å². The maximum absolute atomic E-state index is 4.91. The molecule has 1 rings (SSSR count). The fourth-order valence-corrected chi connectivity index (χ4v) is 0.755. The fraction of sp³-hybridized carbons (Fsp3) is 0.571. The molecular weight excluding hydrogens is 156 g/mol. The summed E-state index contributed by atoms with van der Waals surface area (Å²) in [5, 5.41) is 13.2. The van der Waals surface area contributed by atoms with Gasteiger partial charge in [0.15, 0.2) is 11.4 Å². The third-order valence-electron chi connectivity index (χ3n) is 1.32. The van der Waals surface area contributed by atoms with Crippen LogP contribution in [-0.4, -0.2) is 24.3 Å². The third kappa shape index (κ3) is 1.81. The molecule has 0 fully saturated rings. The van der Waals surface area contributed by atoms with Gasteiger partial charge in [-0.05, 0) is 13.8 Å². The van der Waals surface area contributed by atoms with Gasteiger partial charge in [-0.2, -0.15) is 0 Å². The van der Waals surface area contributed by atoms with E-state index < -0.39 is 0 Å². The third-order valence-corrected chi connectivity index (χ3v) is 1.32. The second-order valence-electron chi connectivity index (χ2n) is 2.71. The molecule has 0 aliphatic rings. The molecule has 0 saturated heterocycles. The Kier molecular flexibility index (Phi) is 2.42. The summed E-state index contributed by atoms with van der Waals surface area (Å²) < 4.78 is 4.91. The Labute approximate surface area is 71.0 Å². The highest BCUT2D eigenvalue weighted by Gasteiger charge is 2.06. The van der Waals surface area contributed by atoms with E-state index in [1.807, 2.05) is 27.9 Å². The summed E-state index contributed by atoms with van der Waals surface area (Å²) in [7, 11) is 3.61. The smallest absolute Gasteiger partial charge is 0.161 e. The van der Waals surface area contributed by atoms with Crippen LogP contribution in [-0.2, 0) is 0 Å². The van der Waals surface area contributed by atoms with E-state index in [9.17, 15) is 0 Å². The van der Waals surface area contributed by atoms with Crippen LogP contribution in [0.2, 0.25) is 0 Å². The zero-order chi connectivity index (χ0) is 9.14. The molecule has 0 radical (unpaired) electrons. The number of nitrogens with zero attached hydrogens (tertiary/aromatic N) is 4. The molecule has 12 heavy (non-hydrogen) atoms. The highest BCUT2D eigenvalue weighted by atomic mass is 16.5. The summed E-state index contributed by atoms with van der Waals surface area (Å²) >= 11 is 0. The van der Waals surface area contributed by atoms with Gasteiger partial charge in [0.2, 0.25) is 0 Å². The van der Waals surface area contributed by atoms with E-state index in [1.54, 1.807) is 5.01 Å². The summed E-state index contributed by atoms with van der Waals surface area (Å²) in [6.45, 7) is 3.64. The van der Waals surface area contributed by atoms with E-state index >= 15 is 0 Å². The Hall–Kier alpha value is -1.39. The Morgan fingerprint density at radius 2 is 2.00 bits per heavy atom. The van der Waals surface area contributed by atoms with Crippen LogP contribution in [0.3, 0.4) is 0 Å². The molecule has 0 aliphatic heterocycles. The van der Waals surface area contributed by atoms with Crippen molar-refractivity contribution in [2.75, 3.05) is 14.1 Å². The van der Waals surface area contributed by atoms with Crippen LogP contribution in [0.5, 0.6) is 0 Å². The van der Waals surface area contributed by atoms with Crippen molar-refractivity contribution >= 4 is 5.69 Å². The molecule has 0 amide bonds. The largest absolute Gasteiger partial charge is 0.359 e. The normalized spacial score (nSPS) is 11.0. The first-order valence-electron chi connectivity index (χ1n) is 3.63. The van der Waals surface area contributed by atoms with Crippen molar-refractivity contribution in [1.29, 1.82) is 0 Å². The van der Waals surface area contributed by atoms with Crippen molar-refractivity contribution < 1.29 is 4.52 Å². The predicted molar refractivity (Wildman–Crippen MR) is 44.2 cm³/mol. The minimum absolute atomic E-state index is 0.693. The van der Waals surface area contributed by atoms with E-state index in [1.165, 1.54) is 0 Å². The zero-order valence-electron chi connectivity index (χ0n) is 7.70. The van der Waals surface area contributed by atoms with Gasteiger partial charge in [0.05, 0.1) is 0 Å². The van der Waals surface area contributed by atoms with E-state index in [0.29, 0.717) is 11.4 Å². The number of aryl methyl sites for hydroxylation is 2. The second kappa shape index (κ2) is 3.34. The summed E-state index contributed by atoms with van der Waals surface area (Å²) in [5.74, 6) is 0.693. The number of rotatable bonds is 2. The minimum Gasteiger partial charge on any atom is -0.359 e. The van der Waals surface area contributed by atoms with Crippen molar-refractivity contribution in [2.24, 2.45) is 10.3 Å². The van der Waals surface area contributed by atoms with Gasteiger partial charge < -0.3 is 4.52 Å². The topological polar surface area (TPSA) is 54.0 Å². The minimum atomic E-state index is 0.693. The predicted octanol–water partition coefficient (Wildman–Crippen LogP) is 1.85. The number of hydrogen-bond acceptors (Lipinski definition) is 4. The molecule has 1 aromatic rings. The lowest BCUT2D eigenvalue weighted by Crippen LogP contribution is -1.98. The van der Waals surface area contributed by atoms with E-state index in [2.05, 4.69) is 15.5 Å². The molecule has 1 heterocycles. The van der Waals surface area contributed by atoms with Crippen LogP contribution in [0.15, 0.2) is 14.9 Å². The monoisotopic (exact) mass is 168 g/mol. The average molecular weight is 168 g/mol. The maximum Gasteiger partial charge on any atom is 0.161 e. The van der Waals surface area contributed by atoms with Gasteiger partial charge >= 0.3 is 0 Å². The molecule has 0 unspecified atom stereocenters. The highest BCUT2D eigenvalue weighted by molar-refractivity contribution is 5.42. The quantitative estimate of drug-likeness (QED) is 0.500. The van der Waals surface area contributed by atoms with Crippen LogP contribution < -0.4 is 0 Å². The fourth-order valence-electron chi connectivity index (χ4n) is 0.755. The summed E-state index contributed by atoms with van der Waals surface area (Å²) in [5.41, 5.74) is 1.47. The van der Waals surface area contributed by atoms with Crippen LogP contribution in [0, 0.1) is 13.8 Å². The van der Waals surface area contributed by atoms with Crippen LogP contribution in [0.25, 0.3) is 0 Å². The molecule has 66 valence electrons. The van der Waals surface area contributed by atoms with Gasteiger partial charge in [-0.25, -0.2) is 0 Å². The molecule has 0 N–H and O–H groups in total. The van der Waals surface area contributed by atoms with E-state index in [4.69, 9.17) is 4.52 Å². The van der Waals surface area contributed by atoms with Gasteiger partial charge in [-0.3, -0.25) is 5.01 Å². The molecule has 0 bridgehead atoms. The standard InChI is InChI=1S/C7H12N4O/c1-5-7(6(2)12-9-5)8-10-11(3)4/h1-4H3. The molecule has 5 heteroatoms. The lowest BCUT2D eigenvalue weighted by atomic mass is 10.3. The number of hydrogen-bond donors (Lipinski definition) is 0. The van der Waals surface area contributed by atoms with E-state index in [0.717, 1.165) is 5.69 Å². The average Bonchev–Trinajstić information content (AvgIpc) is 2.28. The molecule has 0 spiro atoms. The Morgan fingerprint density at radius 1 is 1.33 bits per heavy atom. The Morgan fingerprint density at radius 3 is 2.42 bits per heavy atom. The Balaban J connectivity index is 2.87. The maximum atomic E-state index is 4.91. The van der Waals surface area contributed by atoms with Gasteiger partial charge in [0.1, 0.15) is 5.69 Å². The SMILES string of the molecule is Cc1noc(C)c1N=NN(C)C. The molecule has 1 aromatic heterocycles. The first kappa shape index (κ1) is 8.70. The van der Waals surface area contributed by atoms with Gasteiger partial charge in [0, 0.05) is 14.1 Å². The van der Waals surface area contributed by atoms with Crippen molar-refractivity contribution in [2.45, 2.75) is 13.8 Å². The van der Waals surface area contributed by atoms with E-state index in [-0.39, 0.29) is 0 Å². The van der Waals surface area contributed by atoms with Crippen LogP contribution in [0.4, 0.5) is 5.69 Å². The van der Waals surface area contributed by atoms with Crippen molar-refractivity contribution in [3.05, 3.63) is 11.5 Å². The Bertz CT molecular complexity index is 270. The molecular formula is C7H12N4O. The van der Waals surface area contributed by atoms with Gasteiger partial charge in [0.25, 0.3) is 0 Å². The summed E-state index contributed by atoms with van der Waals surface area (Å²) in [6.07, 6.45) is 0. The summed E-state index contributed by atoms with van der Waals surface area (Å²) in [6, 6.07) is 0. The lowest BCUT2D eigenvalue weighted by Gasteiger charge is -1.99. The summed E-state index contributed by atoms with van der Waals surface area (Å²) in [4.78, 5) is 0. The van der Waals surface area contributed by atoms with Crippen LogP contribution in [0.1, 0.15) is 11.5 Å². The molecule has 0 aromatic carbocycles. The first-order valence-corrected chi connectivity index (χ1v) is 3.63. The second-order valence-corrected chi connectivity index (χ2v) is 2.71. The molecule has 0 aliphatic carbocycles. The van der Waals surface area contributed by atoms with Gasteiger partial charge in [-0.1, -0.05) is 10.4 Å². The lowest BCUT2D eigenvalue weighted by molar-refractivity contribution is 0.391. The van der Waals surface area contributed by atoms with Gasteiger partial charge in [-0.15, -0.1) is 5.11 Å². The zero-order valence-corrected chi connectivity index (χ0v) is 7.70. The number of aromatic nitrogens is 1. The molecule has 5 nitrogen and oxygen atoms in total. The highest BCUT2D eigenvalue weighted by Crippen LogP contribution is 2.22. The molecule has 0 saturated carbocycles. The first-order chi connectivity index (χ1) is 5.61.